The maximum atomic E-state index is 12.8. The highest BCUT2D eigenvalue weighted by Crippen LogP contribution is 2.37. The van der Waals surface area contributed by atoms with Gasteiger partial charge in [-0.3, -0.25) is 4.99 Å². The van der Waals surface area contributed by atoms with E-state index in [0.717, 1.165) is 59.2 Å². The smallest absolute Gasteiger partial charge is 0.343 e. The van der Waals surface area contributed by atoms with E-state index >= 15 is 0 Å². The van der Waals surface area contributed by atoms with Crippen LogP contribution in [0.2, 0.25) is 0 Å². The monoisotopic (exact) mass is 409 g/mol. The molecule has 0 saturated carbocycles. The molecule has 1 aromatic heterocycles. The van der Waals surface area contributed by atoms with E-state index < -0.39 is 0 Å². The Kier molecular flexibility index (Phi) is 5.13. The Morgan fingerprint density at radius 3 is 2.55 bits per heavy atom. The maximum absolute atomic E-state index is 12.8. The number of aliphatic imine (C=N–C) groups is 1. The zero-order valence-corrected chi connectivity index (χ0v) is 17.4. The van der Waals surface area contributed by atoms with Crippen molar-refractivity contribution in [2.75, 3.05) is 0 Å². The molecular formula is C27H23NO3. The molecule has 0 atom stereocenters. The van der Waals surface area contributed by atoms with E-state index in [0.29, 0.717) is 11.3 Å². The van der Waals surface area contributed by atoms with E-state index in [1.807, 2.05) is 55.5 Å². The summed E-state index contributed by atoms with van der Waals surface area (Å²) in [5.41, 5.74) is 5.27. The van der Waals surface area contributed by atoms with Gasteiger partial charge in [0.25, 0.3) is 0 Å². The lowest BCUT2D eigenvalue weighted by Gasteiger charge is -2.12. The third kappa shape index (κ3) is 3.89. The molecule has 154 valence electrons. The summed E-state index contributed by atoms with van der Waals surface area (Å²) < 4.78 is 12.0. The number of carbonyl (C=O) groups is 1. The molecule has 0 amide bonds. The van der Waals surface area contributed by atoms with E-state index in [1.54, 1.807) is 24.4 Å². The number of esters is 1. The number of nitrogens with zero attached hydrogens (tertiary/aromatic N) is 1. The quantitative estimate of drug-likeness (QED) is 0.217. The van der Waals surface area contributed by atoms with Crippen LogP contribution in [0, 0.1) is 6.92 Å². The highest BCUT2D eigenvalue weighted by atomic mass is 16.5. The summed E-state index contributed by atoms with van der Waals surface area (Å²) >= 11 is 0. The number of hydrogen-bond donors (Lipinski definition) is 0. The Morgan fingerprint density at radius 1 is 0.968 bits per heavy atom. The molecule has 1 aliphatic carbocycles. The number of rotatable bonds is 4. The molecule has 3 aromatic carbocycles. The highest BCUT2D eigenvalue weighted by Gasteiger charge is 2.23. The number of aryl methyl sites for hydroxylation is 3. The van der Waals surface area contributed by atoms with E-state index in [-0.39, 0.29) is 5.97 Å². The molecule has 31 heavy (non-hydrogen) atoms. The van der Waals surface area contributed by atoms with Crippen LogP contribution >= 0.6 is 0 Å². The minimum Gasteiger partial charge on any atom is -0.461 e. The molecule has 1 aliphatic rings. The Hall–Kier alpha value is -3.66. The summed E-state index contributed by atoms with van der Waals surface area (Å²) in [6.45, 7) is 1.99. The van der Waals surface area contributed by atoms with Gasteiger partial charge in [-0.05, 0) is 62.6 Å². The van der Waals surface area contributed by atoms with Gasteiger partial charge in [-0.25, -0.2) is 4.79 Å². The lowest BCUT2D eigenvalue weighted by atomic mass is 9.94. The van der Waals surface area contributed by atoms with E-state index in [4.69, 9.17) is 9.15 Å². The average molecular weight is 409 g/mol. The second-order valence-electron chi connectivity index (χ2n) is 7.91. The molecule has 5 rings (SSSR count). The maximum Gasteiger partial charge on any atom is 0.343 e. The summed E-state index contributed by atoms with van der Waals surface area (Å²) in [7, 11) is 0. The van der Waals surface area contributed by atoms with E-state index in [2.05, 4.69) is 4.99 Å². The van der Waals surface area contributed by atoms with Gasteiger partial charge in [0.05, 0.1) is 11.3 Å². The van der Waals surface area contributed by atoms with Crippen LogP contribution in [-0.2, 0) is 12.8 Å². The second-order valence-corrected chi connectivity index (χ2v) is 7.91. The predicted octanol–water partition coefficient (Wildman–Crippen LogP) is 6.59. The van der Waals surface area contributed by atoms with Crippen molar-refractivity contribution in [3.8, 4) is 5.75 Å². The molecule has 4 nitrogen and oxygen atoms in total. The first-order chi connectivity index (χ1) is 15.2. The van der Waals surface area contributed by atoms with Crippen LogP contribution in [0.25, 0.3) is 11.0 Å². The van der Waals surface area contributed by atoms with Crippen molar-refractivity contribution in [3.05, 3.63) is 94.7 Å². The summed E-state index contributed by atoms with van der Waals surface area (Å²) in [4.78, 5) is 17.5. The molecular weight excluding hydrogens is 386 g/mol. The van der Waals surface area contributed by atoms with Gasteiger partial charge < -0.3 is 9.15 Å². The number of ether oxygens (including phenoxy) is 1. The normalized spacial score (nSPS) is 13.5. The van der Waals surface area contributed by atoms with Gasteiger partial charge >= 0.3 is 5.97 Å². The van der Waals surface area contributed by atoms with Gasteiger partial charge in [-0.15, -0.1) is 0 Å². The van der Waals surface area contributed by atoms with Crippen molar-refractivity contribution >= 4 is 28.8 Å². The van der Waals surface area contributed by atoms with Crippen LogP contribution in [-0.4, -0.2) is 12.2 Å². The standard InChI is InChI=1S/C27H23NO3/c1-18-11-13-19(14-12-18)27(29)31-24-15-16-25-26(21-9-5-6-10-23(21)30-25)22(24)17-28-20-7-3-2-4-8-20/h2-4,7-8,11-17H,5-6,9-10H2,1H3. The van der Waals surface area contributed by atoms with Gasteiger partial charge in [-0.1, -0.05) is 35.9 Å². The highest BCUT2D eigenvalue weighted by molar-refractivity contribution is 6.05. The molecule has 0 fully saturated rings. The Morgan fingerprint density at radius 2 is 1.74 bits per heavy atom. The van der Waals surface area contributed by atoms with Crippen LogP contribution in [0.4, 0.5) is 5.69 Å². The molecule has 0 saturated heterocycles. The number of fused-ring (bicyclic) bond motifs is 3. The minimum atomic E-state index is -0.383. The Bertz CT molecular complexity index is 1270. The largest absolute Gasteiger partial charge is 0.461 e. The lowest BCUT2D eigenvalue weighted by Crippen LogP contribution is -2.10. The molecule has 4 aromatic rings. The van der Waals surface area contributed by atoms with Gasteiger partial charge in [0.15, 0.2) is 0 Å². The zero-order valence-electron chi connectivity index (χ0n) is 17.4. The summed E-state index contributed by atoms with van der Waals surface area (Å²) in [6, 6.07) is 20.8. The van der Waals surface area contributed by atoms with Crippen LogP contribution in [0.1, 0.15) is 45.7 Å². The number of benzene rings is 3. The number of carbonyl (C=O) groups excluding carboxylic acids is 1. The number of hydrogen-bond acceptors (Lipinski definition) is 4. The SMILES string of the molecule is Cc1ccc(C(=O)Oc2ccc3oc4c(c3c2C=Nc2ccccc2)CCCC4)cc1. The van der Waals surface area contributed by atoms with Crippen LogP contribution < -0.4 is 4.74 Å². The summed E-state index contributed by atoms with van der Waals surface area (Å²) in [6.07, 6.45) is 5.96. The zero-order chi connectivity index (χ0) is 21.2. The molecule has 0 unspecified atom stereocenters. The van der Waals surface area contributed by atoms with E-state index in [1.165, 1.54) is 5.56 Å². The first-order valence-electron chi connectivity index (χ1n) is 10.6. The fraction of sp³-hybridized carbons (Fsp3) is 0.185. The summed E-state index contributed by atoms with van der Waals surface area (Å²) in [5.74, 6) is 1.15. The topological polar surface area (TPSA) is 51.8 Å². The van der Waals surface area contributed by atoms with Crippen molar-refractivity contribution in [2.45, 2.75) is 32.6 Å². The van der Waals surface area contributed by atoms with Gasteiger partial charge in [0.1, 0.15) is 17.1 Å². The van der Waals surface area contributed by atoms with Crippen molar-refractivity contribution in [1.82, 2.24) is 0 Å². The fourth-order valence-electron chi connectivity index (χ4n) is 4.08. The first-order valence-corrected chi connectivity index (χ1v) is 10.6. The summed E-state index contributed by atoms with van der Waals surface area (Å²) in [5, 5.41) is 1.00. The molecule has 1 heterocycles. The predicted molar refractivity (Wildman–Crippen MR) is 123 cm³/mol. The van der Waals surface area contributed by atoms with E-state index in [9.17, 15) is 4.79 Å². The van der Waals surface area contributed by atoms with Gasteiger partial charge in [0, 0.05) is 29.1 Å². The second kappa shape index (κ2) is 8.23. The molecule has 0 radical (unpaired) electrons. The lowest BCUT2D eigenvalue weighted by molar-refractivity contribution is 0.0734. The third-order valence-corrected chi connectivity index (χ3v) is 5.71. The van der Waals surface area contributed by atoms with Crippen LogP contribution in [0.15, 0.2) is 76.1 Å². The molecule has 0 N–H and O–H groups in total. The number of para-hydroxylation sites is 1. The Balaban J connectivity index is 1.60. The Labute approximate surface area is 181 Å². The van der Waals surface area contributed by atoms with Gasteiger partial charge in [0.2, 0.25) is 0 Å². The van der Waals surface area contributed by atoms with Gasteiger partial charge in [-0.2, -0.15) is 0 Å². The first kappa shape index (κ1) is 19.3. The minimum absolute atomic E-state index is 0.383. The van der Waals surface area contributed by atoms with Crippen molar-refractivity contribution in [2.24, 2.45) is 4.99 Å². The van der Waals surface area contributed by atoms with Crippen molar-refractivity contribution in [3.63, 3.8) is 0 Å². The fourth-order valence-corrected chi connectivity index (χ4v) is 4.08. The van der Waals surface area contributed by atoms with Crippen molar-refractivity contribution in [1.29, 1.82) is 0 Å². The number of furan rings is 1. The molecule has 4 heteroatoms. The molecule has 0 aliphatic heterocycles. The van der Waals surface area contributed by atoms with Crippen molar-refractivity contribution < 1.29 is 13.9 Å². The van der Waals surface area contributed by atoms with Crippen LogP contribution in [0.3, 0.4) is 0 Å². The molecule has 0 bridgehead atoms. The third-order valence-electron chi connectivity index (χ3n) is 5.71. The van der Waals surface area contributed by atoms with Crippen LogP contribution in [0.5, 0.6) is 5.75 Å². The molecule has 0 spiro atoms. The average Bonchev–Trinajstić information content (AvgIpc) is 3.18.